The SMILES string of the molecule is I.NC(=NCCOc1ccc(F)cc1F)N1CCSCC1. The standard InChI is InChI=1S/C13H17F2N3OS.HI/c14-10-1-2-12(11(15)9-10)19-6-3-17-13(16)18-4-7-20-8-5-18;/h1-2,9H,3-8H2,(H2,16,17);1H. The first-order chi connectivity index (χ1) is 9.66. The first-order valence-electron chi connectivity index (χ1n) is 6.37. The number of ether oxygens (including phenoxy) is 1. The number of halogens is 3. The van der Waals surface area contributed by atoms with Gasteiger partial charge in [-0.2, -0.15) is 11.8 Å². The second-order valence-corrected chi connectivity index (χ2v) is 5.49. The maximum Gasteiger partial charge on any atom is 0.191 e. The molecule has 0 aliphatic carbocycles. The lowest BCUT2D eigenvalue weighted by atomic mass is 10.3. The van der Waals surface area contributed by atoms with Gasteiger partial charge in [0.2, 0.25) is 0 Å². The van der Waals surface area contributed by atoms with Gasteiger partial charge in [0.25, 0.3) is 0 Å². The van der Waals surface area contributed by atoms with E-state index in [2.05, 4.69) is 4.99 Å². The Morgan fingerprint density at radius 1 is 1.33 bits per heavy atom. The Kier molecular flexibility index (Phi) is 8.09. The second-order valence-electron chi connectivity index (χ2n) is 4.26. The van der Waals surface area contributed by atoms with Crippen molar-refractivity contribution in [2.45, 2.75) is 0 Å². The Morgan fingerprint density at radius 3 is 2.71 bits per heavy atom. The van der Waals surface area contributed by atoms with Crippen molar-refractivity contribution in [2.24, 2.45) is 10.7 Å². The molecule has 1 aliphatic heterocycles. The fourth-order valence-corrected chi connectivity index (χ4v) is 2.70. The van der Waals surface area contributed by atoms with Gasteiger partial charge in [-0.25, -0.2) is 13.8 Å². The van der Waals surface area contributed by atoms with Crippen molar-refractivity contribution in [3.05, 3.63) is 29.8 Å². The van der Waals surface area contributed by atoms with Gasteiger partial charge in [-0.15, -0.1) is 24.0 Å². The Morgan fingerprint density at radius 2 is 2.05 bits per heavy atom. The number of thioether (sulfide) groups is 1. The molecule has 1 fully saturated rings. The van der Waals surface area contributed by atoms with Gasteiger partial charge in [0, 0.05) is 30.7 Å². The fraction of sp³-hybridized carbons (Fsp3) is 0.462. The molecular weight excluding hydrogens is 411 g/mol. The summed E-state index contributed by atoms with van der Waals surface area (Å²) in [6.45, 7) is 2.33. The van der Waals surface area contributed by atoms with Gasteiger partial charge in [-0.3, -0.25) is 0 Å². The van der Waals surface area contributed by atoms with Crippen LogP contribution in [0.3, 0.4) is 0 Å². The van der Waals surface area contributed by atoms with E-state index < -0.39 is 11.6 Å². The molecule has 0 spiro atoms. The Hall–Kier alpha value is -0.770. The lowest BCUT2D eigenvalue weighted by molar-refractivity contribution is 0.309. The van der Waals surface area contributed by atoms with Gasteiger partial charge < -0.3 is 15.4 Å². The molecule has 0 atom stereocenters. The highest BCUT2D eigenvalue weighted by atomic mass is 127. The van der Waals surface area contributed by atoms with E-state index in [0.29, 0.717) is 12.5 Å². The van der Waals surface area contributed by atoms with Crippen LogP contribution in [0.25, 0.3) is 0 Å². The van der Waals surface area contributed by atoms with Crippen LogP contribution in [0.4, 0.5) is 8.78 Å². The van der Waals surface area contributed by atoms with Crippen molar-refractivity contribution in [1.82, 2.24) is 4.90 Å². The number of nitrogens with zero attached hydrogens (tertiary/aromatic N) is 2. The van der Waals surface area contributed by atoms with Crippen LogP contribution in [-0.4, -0.2) is 48.6 Å². The molecule has 0 saturated carbocycles. The zero-order chi connectivity index (χ0) is 14.4. The van der Waals surface area contributed by atoms with Gasteiger partial charge in [-0.05, 0) is 12.1 Å². The lowest BCUT2D eigenvalue weighted by Gasteiger charge is -2.27. The summed E-state index contributed by atoms with van der Waals surface area (Å²) in [7, 11) is 0. The van der Waals surface area contributed by atoms with Crippen molar-refractivity contribution < 1.29 is 13.5 Å². The van der Waals surface area contributed by atoms with Crippen LogP contribution >= 0.6 is 35.7 Å². The largest absolute Gasteiger partial charge is 0.489 e. The predicted molar refractivity (Wildman–Crippen MR) is 92.7 cm³/mol. The second kappa shape index (κ2) is 9.29. The fourth-order valence-electron chi connectivity index (χ4n) is 1.80. The molecule has 1 aromatic carbocycles. The van der Waals surface area contributed by atoms with E-state index in [1.54, 1.807) is 0 Å². The molecule has 2 N–H and O–H groups in total. The Labute approximate surface area is 144 Å². The van der Waals surface area contributed by atoms with Gasteiger partial charge in [0.1, 0.15) is 12.4 Å². The van der Waals surface area contributed by atoms with Gasteiger partial charge in [0.15, 0.2) is 17.5 Å². The summed E-state index contributed by atoms with van der Waals surface area (Å²) in [5.74, 6) is 1.28. The number of rotatable bonds is 4. The quantitative estimate of drug-likeness (QED) is 0.346. The van der Waals surface area contributed by atoms with Crippen molar-refractivity contribution >= 4 is 41.7 Å². The first-order valence-corrected chi connectivity index (χ1v) is 7.53. The summed E-state index contributed by atoms with van der Waals surface area (Å²) in [5, 5.41) is 0. The number of hydrogen-bond acceptors (Lipinski definition) is 3. The van der Waals surface area contributed by atoms with E-state index in [1.165, 1.54) is 6.07 Å². The predicted octanol–water partition coefficient (Wildman–Crippen LogP) is 2.33. The van der Waals surface area contributed by atoms with Crippen LogP contribution < -0.4 is 10.5 Å². The summed E-state index contributed by atoms with van der Waals surface area (Å²) in [5.41, 5.74) is 5.87. The highest BCUT2D eigenvalue weighted by Gasteiger charge is 2.11. The van der Waals surface area contributed by atoms with Crippen LogP contribution in [0, 0.1) is 11.6 Å². The highest BCUT2D eigenvalue weighted by molar-refractivity contribution is 14.0. The molecule has 0 aromatic heterocycles. The molecule has 0 amide bonds. The van der Waals surface area contributed by atoms with Crippen LogP contribution in [-0.2, 0) is 0 Å². The maximum absolute atomic E-state index is 13.3. The Bertz CT molecular complexity index is 484. The minimum Gasteiger partial charge on any atom is -0.489 e. The summed E-state index contributed by atoms with van der Waals surface area (Å²) in [6, 6.07) is 3.21. The third-order valence-electron chi connectivity index (χ3n) is 2.85. The average molecular weight is 429 g/mol. The summed E-state index contributed by atoms with van der Waals surface area (Å²) in [4.78, 5) is 6.22. The highest BCUT2D eigenvalue weighted by Crippen LogP contribution is 2.17. The Balaban J connectivity index is 0.00000220. The van der Waals surface area contributed by atoms with E-state index in [4.69, 9.17) is 10.5 Å². The van der Waals surface area contributed by atoms with Gasteiger partial charge in [0.05, 0.1) is 6.54 Å². The molecule has 2 rings (SSSR count). The van der Waals surface area contributed by atoms with Crippen molar-refractivity contribution in [3.8, 4) is 5.75 Å². The number of aliphatic imine (C=N–C) groups is 1. The summed E-state index contributed by atoms with van der Waals surface area (Å²) < 4.78 is 31.2. The van der Waals surface area contributed by atoms with Crippen molar-refractivity contribution in [1.29, 1.82) is 0 Å². The van der Waals surface area contributed by atoms with Crippen molar-refractivity contribution in [2.75, 3.05) is 37.7 Å². The molecule has 1 aliphatic rings. The maximum atomic E-state index is 13.3. The van der Waals surface area contributed by atoms with E-state index in [9.17, 15) is 8.78 Å². The van der Waals surface area contributed by atoms with E-state index in [-0.39, 0.29) is 36.3 Å². The van der Waals surface area contributed by atoms with E-state index in [0.717, 1.165) is 36.7 Å². The zero-order valence-corrected chi connectivity index (χ0v) is 14.6. The molecule has 118 valence electrons. The minimum absolute atomic E-state index is 0. The van der Waals surface area contributed by atoms with E-state index >= 15 is 0 Å². The van der Waals surface area contributed by atoms with Crippen LogP contribution in [0.2, 0.25) is 0 Å². The van der Waals surface area contributed by atoms with Crippen LogP contribution in [0.15, 0.2) is 23.2 Å². The average Bonchev–Trinajstić information content (AvgIpc) is 2.46. The smallest absolute Gasteiger partial charge is 0.191 e. The number of hydrogen-bond donors (Lipinski definition) is 1. The third-order valence-corrected chi connectivity index (χ3v) is 3.79. The molecule has 1 heterocycles. The minimum atomic E-state index is -0.713. The third kappa shape index (κ3) is 5.85. The normalized spacial score (nSPS) is 15.5. The molecule has 0 radical (unpaired) electrons. The van der Waals surface area contributed by atoms with E-state index in [1.807, 2.05) is 16.7 Å². The monoisotopic (exact) mass is 429 g/mol. The lowest BCUT2D eigenvalue weighted by Crippen LogP contribution is -2.42. The first kappa shape index (κ1) is 18.3. The zero-order valence-electron chi connectivity index (χ0n) is 11.4. The molecule has 1 aromatic rings. The van der Waals surface area contributed by atoms with Crippen LogP contribution in [0.5, 0.6) is 5.75 Å². The van der Waals surface area contributed by atoms with Crippen molar-refractivity contribution in [3.63, 3.8) is 0 Å². The van der Waals surface area contributed by atoms with Crippen LogP contribution in [0.1, 0.15) is 0 Å². The number of guanidine groups is 1. The molecule has 0 bridgehead atoms. The summed E-state index contributed by atoms with van der Waals surface area (Å²) >= 11 is 1.90. The number of benzene rings is 1. The molecule has 0 unspecified atom stereocenters. The summed E-state index contributed by atoms with van der Waals surface area (Å²) in [6.07, 6.45) is 0. The molecule has 1 saturated heterocycles. The van der Waals surface area contributed by atoms with Gasteiger partial charge in [-0.1, -0.05) is 0 Å². The topological polar surface area (TPSA) is 50.9 Å². The molecule has 8 heteroatoms. The molecular formula is C13H18F2IN3OS. The molecule has 21 heavy (non-hydrogen) atoms. The molecule has 4 nitrogen and oxygen atoms in total. The number of nitrogens with two attached hydrogens (primary N) is 1. The van der Waals surface area contributed by atoms with Gasteiger partial charge >= 0.3 is 0 Å².